The molecule has 0 aliphatic carbocycles. The molecule has 35 heavy (non-hydrogen) atoms. The van der Waals surface area contributed by atoms with E-state index >= 15 is 0 Å². The summed E-state index contributed by atoms with van der Waals surface area (Å²) in [5.41, 5.74) is 0.0705. The number of carboxylic acids is 2. The van der Waals surface area contributed by atoms with Crippen molar-refractivity contribution in [3.8, 4) is 0 Å². The van der Waals surface area contributed by atoms with E-state index in [1.807, 2.05) is 86.6 Å². The highest BCUT2D eigenvalue weighted by molar-refractivity contribution is 6.27. The van der Waals surface area contributed by atoms with Crippen LogP contribution in [0.4, 0.5) is 0 Å². The van der Waals surface area contributed by atoms with Gasteiger partial charge in [-0.3, -0.25) is 4.79 Å². The molecule has 2 atom stereocenters. The topological polar surface area (TPSA) is 130 Å². The van der Waals surface area contributed by atoms with Crippen molar-refractivity contribution in [2.24, 2.45) is 0 Å². The van der Waals surface area contributed by atoms with Crippen molar-refractivity contribution in [2.75, 3.05) is 20.7 Å². The molecule has 0 fully saturated rings. The number of esters is 1. The van der Waals surface area contributed by atoms with Gasteiger partial charge in [0.15, 0.2) is 5.78 Å². The summed E-state index contributed by atoms with van der Waals surface area (Å²) in [6.45, 7) is 4.04. The third kappa shape index (κ3) is 9.68. The van der Waals surface area contributed by atoms with Gasteiger partial charge in [-0.1, -0.05) is 67.6 Å². The molecule has 2 aromatic rings. The SMILES string of the molecule is CCC(=O)C(Cc1ccccc1)(OCc1ccccc1)C(=O)OCC(C)N(C)C.O=C(O)C(=O)O. The van der Waals surface area contributed by atoms with Gasteiger partial charge < -0.3 is 24.6 Å². The van der Waals surface area contributed by atoms with E-state index in [1.165, 1.54) is 0 Å². The van der Waals surface area contributed by atoms with Gasteiger partial charge in [0.05, 0.1) is 6.61 Å². The van der Waals surface area contributed by atoms with Gasteiger partial charge in [-0.25, -0.2) is 14.4 Å². The second kappa shape index (κ2) is 14.6. The van der Waals surface area contributed by atoms with Gasteiger partial charge in [-0.05, 0) is 32.1 Å². The van der Waals surface area contributed by atoms with Gasteiger partial charge in [0.2, 0.25) is 5.60 Å². The average Bonchev–Trinajstić information content (AvgIpc) is 2.85. The monoisotopic (exact) mass is 487 g/mol. The van der Waals surface area contributed by atoms with Crippen LogP contribution in [-0.2, 0) is 41.7 Å². The number of benzene rings is 2. The lowest BCUT2D eigenvalue weighted by atomic mass is 9.88. The van der Waals surface area contributed by atoms with Crippen LogP contribution < -0.4 is 0 Å². The lowest BCUT2D eigenvalue weighted by Crippen LogP contribution is -2.52. The molecule has 9 nitrogen and oxygen atoms in total. The lowest BCUT2D eigenvalue weighted by molar-refractivity contribution is -0.180. The highest BCUT2D eigenvalue weighted by Crippen LogP contribution is 2.25. The Kier molecular flexibility index (Phi) is 12.3. The van der Waals surface area contributed by atoms with Crippen LogP contribution in [0.1, 0.15) is 31.4 Å². The minimum Gasteiger partial charge on any atom is -0.473 e. The Morgan fingerprint density at radius 1 is 0.886 bits per heavy atom. The molecule has 0 aliphatic heterocycles. The van der Waals surface area contributed by atoms with Gasteiger partial charge in [0.25, 0.3) is 0 Å². The summed E-state index contributed by atoms with van der Waals surface area (Å²) in [4.78, 5) is 46.4. The molecule has 0 radical (unpaired) electrons. The van der Waals surface area contributed by atoms with Crippen LogP contribution in [0.3, 0.4) is 0 Å². The molecule has 0 aliphatic rings. The van der Waals surface area contributed by atoms with Crippen molar-refractivity contribution in [2.45, 2.75) is 44.9 Å². The summed E-state index contributed by atoms with van der Waals surface area (Å²) < 4.78 is 11.7. The molecule has 0 amide bonds. The predicted octanol–water partition coefficient (Wildman–Crippen LogP) is 2.81. The van der Waals surface area contributed by atoms with E-state index in [2.05, 4.69) is 0 Å². The van der Waals surface area contributed by atoms with Crippen LogP contribution in [0.15, 0.2) is 60.7 Å². The Balaban J connectivity index is 0.000000905. The number of likely N-dealkylation sites (N-methyl/N-ethyl adjacent to an activating group) is 1. The van der Waals surface area contributed by atoms with Crippen molar-refractivity contribution in [1.82, 2.24) is 4.90 Å². The number of carbonyl (C=O) groups is 4. The fourth-order valence-corrected chi connectivity index (χ4v) is 2.89. The molecule has 2 aromatic carbocycles. The Hall–Kier alpha value is -3.56. The fourth-order valence-electron chi connectivity index (χ4n) is 2.89. The van der Waals surface area contributed by atoms with E-state index in [4.69, 9.17) is 29.3 Å². The maximum absolute atomic E-state index is 13.2. The van der Waals surface area contributed by atoms with Crippen LogP contribution in [-0.4, -0.2) is 71.1 Å². The average molecular weight is 488 g/mol. The standard InChI is InChI=1S/C24H31NO4.C2H2O4/c1-5-22(26)24(16-20-12-8-6-9-13-20,23(27)28-17-19(2)25(3)4)29-18-21-14-10-7-11-15-21;3-1(4)2(5)6/h6-15,19H,5,16-18H2,1-4H3;(H,3,4)(H,5,6). The van der Waals surface area contributed by atoms with Crippen LogP contribution in [0.5, 0.6) is 0 Å². The normalized spacial score (nSPS) is 13.1. The molecule has 0 saturated carbocycles. The largest absolute Gasteiger partial charge is 0.473 e. The number of aliphatic carboxylic acids is 2. The van der Waals surface area contributed by atoms with E-state index in [0.717, 1.165) is 11.1 Å². The molecular weight excluding hydrogens is 454 g/mol. The summed E-state index contributed by atoms with van der Waals surface area (Å²) in [5, 5.41) is 14.8. The quantitative estimate of drug-likeness (QED) is 0.279. The first-order valence-electron chi connectivity index (χ1n) is 11.1. The molecule has 2 N–H and O–H groups in total. The van der Waals surface area contributed by atoms with Crippen molar-refractivity contribution in [3.63, 3.8) is 0 Å². The number of Topliss-reactive ketones (excluding diaryl/α,β-unsaturated/α-hetero) is 1. The summed E-state index contributed by atoms with van der Waals surface area (Å²) in [6, 6.07) is 19.0. The first-order chi connectivity index (χ1) is 16.5. The third-order valence-corrected chi connectivity index (χ3v) is 5.25. The number of ether oxygens (including phenoxy) is 2. The third-order valence-electron chi connectivity index (χ3n) is 5.25. The molecule has 0 bridgehead atoms. The number of ketones is 1. The summed E-state index contributed by atoms with van der Waals surface area (Å²) in [7, 11) is 3.83. The summed E-state index contributed by atoms with van der Waals surface area (Å²) in [5.74, 6) is -4.55. The van der Waals surface area contributed by atoms with Crippen LogP contribution >= 0.6 is 0 Å². The van der Waals surface area contributed by atoms with Crippen molar-refractivity contribution in [3.05, 3.63) is 71.8 Å². The maximum Gasteiger partial charge on any atom is 0.414 e. The summed E-state index contributed by atoms with van der Waals surface area (Å²) >= 11 is 0. The molecule has 0 spiro atoms. The van der Waals surface area contributed by atoms with Crippen molar-refractivity contribution < 1.29 is 38.9 Å². The Bertz CT molecular complexity index is 950. The molecule has 0 saturated heterocycles. The number of hydrogen-bond acceptors (Lipinski definition) is 7. The van der Waals surface area contributed by atoms with Crippen molar-refractivity contribution >= 4 is 23.7 Å². The Morgan fingerprint density at radius 3 is 1.80 bits per heavy atom. The second-order valence-corrected chi connectivity index (χ2v) is 8.06. The Morgan fingerprint density at radius 2 is 1.37 bits per heavy atom. The number of carbonyl (C=O) groups excluding carboxylic acids is 2. The smallest absolute Gasteiger partial charge is 0.414 e. The molecule has 0 heterocycles. The van der Waals surface area contributed by atoms with Crippen molar-refractivity contribution in [1.29, 1.82) is 0 Å². The van der Waals surface area contributed by atoms with Gasteiger partial charge in [-0.2, -0.15) is 0 Å². The number of rotatable bonds is 11. The van der Waals surface area contributed by atoms with E-state index in [-0.39, 0.29) is 37.9 Å². The second-order valence-electron chi connectivity index (χ2n) is 8.06. The molecular formula is C26H33NO8. The van der Waals surface area contributed by atoms with Gasteiger partial charge in [0, 0.05) is 18.9 Å². The highest BCUT2D eigenvalue weighted by Gasteiger charge is 2.47. The lowest BCUT2D eigenvalue weighted by Gasteiger charge is -2.31. The number of nitrogens with zero attached hydrogens (tertiary/aromatic N) is 1. The zero-order valence-electron chi connectivity index (χ0n) is 20.5. The van der Waals surface area contributed by atoms with Crippen LogP contribution in [0.25, 0.3) is 0 Å². The fraction of sp³-hybridized carbons (Fsp3) is 0.385. The molecule has 2 unspecified atom stereocenters. The predicted molar refractivity (Wildman–Crippen MR) is 129 cm³/mol. The minimum atomic E-state index is -1.82. The molecule has 9 heteroatoms. The highest BCUT2D eigenvalue weighted by atomic mass is 16.6. The molecule has 190 valence electrons. The van der Waals surface area contributed by atoms with Crippen LogP contribution in [0, 0.1) is 0 Å². The Labute approximate surface area is 205 Å². The van der Waals surface area contributed by atoms with Crippen LogP contribution in [0.2, 0.25) is 0 Å². The zero-order valence-corrected chi connectivity index (χ0v) is 20.5. The molecule has 0 aromatic heterocycles. The van der Waals surface area contributed by atoms with E-state index in [1.54, 1.807) is 6.92 Å². The zero-order chi connectivity index (χ0) is 26.4. The van der Waals surface area contributed by atoms with E-state index in [9.17, 15) is 9.59 Å². The minimum absolute atomic E-state index is 0.0271. The number of hydrogen-bond donors (Lipinski definition) is 2. The first kappa shape index (κ1) is 29.5. The maximum atomic E-state index is 13.2. The van der Waals surface area contributed by atoms with E-state index < -0.39 is 23.5 Å². The van der Waals surface area contributed by atoms with Gasteiger partial charge in [0.1, 0.15) is 6.61 Å². The first-order valence-corrected chi connectivity index (χ1v) is 11.1. The van der Waals surface area contributed by atoms with E-state index in [0.29, 0.717) is 0 Å². The molecule has 2 rings (SSSR count). The number of carboxylic acid groups (broad SMARTS) is 2. The van der Waals surface area contributed by atoms with Gasteiger partial charge in [-0.15, -0.1) is 0 Å². The van der Waals surface area contributed by atoms with Gasteiger partial charge >= 0.3 is 17.9 Å². The summed E-state index contributed by atoms with van der Waals surface area (Å²) in [6.07, 6.45) is 0.322.